The van der Waals surface area contributed by atoms with Crippen LogP contribution in [0.2, 0.25) is 10.0 Å². The number of hydrogen-bond donors (Lipinski definition) is 0. The molecule has 0 N–H and O–H groups in total. The molecule has 0 saturated carbocycles. The van der Waals surface area contributed by atoms with Crippen molar-refractivity contribution in [3.05, 3.63) is 27.7 Å². The summed E-state index contributed by atoms with van der Waals surface area (Å²) in [5.74, 6) is -1.33. The first kappa shape index (κ1) is 13.0. The fourth-order valence-electron chi connectivity index (χ4n) is 1.01. The van der Waals surface area contributed by atoms with Gasteiger partial charge in [0.2, 0.25) is 0 Å². The topological polar surface area (TPSA) is 35.5 Å². The number of benzene rings is 1. The number of hydrogen-bond acceptors (Lipinski definition) is 3. The summed E-state index contributed by atoms with van der Waals surface area (Å²) in [5.41, 5.74) is -0.211. The molecule has 0 aliphatic rings. The number of ether oxygens (including phenoxy) is 2. The van der Waals surface area contributed by atoms with Crippen molar-refractivity contribution in [2.24, 2.45) is 0 Å². The second-order valence-electron chi connectivity index (χ2n) is 2.61. The molecular formula is C9H6Cl2F2O3. The molecule has 0 unspecified atom stereocenters. The zero-order chi connectivity index (χ0) is 12.3. The van der Waals surface area contributed by atoms with E-state index in [1.54, 1.807) is 0 Å². The highest BCUT2D eigenvalue weighted by molar-refractivity contribution is 6.43. The number of esters is 1. The Morgan fingerprint density at radius 3 is 2.50 bits per heavy atom. The summed E-state index contributed by atoms with van der Waals surface area (Å²) in [6.45, 7) is -3.11. The third-order valence-corrected chi connectivity index (χ3v) is 2.45. The van der Waals surface area contributed by atoms with Gasteiger partial charge in [-0.05, 0) is 12.1 Å². The number of carbonyl (C=O) groups excluding carboxylic acids is 1. The second kappa shape index (κ2) is 5.32. The maximum absolute atomic E-state index is 12.1. The van der Waals surface area contributed by atoms with E-state index in [1.807, 2.05) is 0 Å². The first-order chi connectivity index (χ1) is 7.47. The molecule has 0 saturated heterocycles. The number of alkyl halides is 2. The van der Waals surface area contributed by atoms with Crippen LogP contribution in [-0.4, -0.2) is 19.7 Å². The molecule has 0 aliphatic carbocycles. The van der Waals surface area contributed by atoms with E-state index >= 15 is 0 Å². The second-order valence-corrected chi connectivity index (χ2v) is 3.39. The minimum absolute atomic E-state index is 0.00460. The van der Waals surface area contributed by atoms with E-state index in [-0.39, 0.29) is 15.6 Å². The zero-order valence-corrected chi connectivity index (χ0v) is 9.48. The summed E-state index contributed by atoms with van der Waals surface area (Å²) in [6.07, 6.45) is 0. The molecule has 3 nitrogen and oxygen atoms in total. The molecule has 1 aromatic carbocycles. The van der Waals surface area contributed by atoms with Gasteiger partial charge < -0.3 is 9.47 Å². The van der Waals surface area contributed by atoms with Crippen molar-refractivity contribution in [3.8, 4) is 5.75 Å². The first-order valence-electron chi connectivity index (χ1n) is 3.98. The highest BCUT2D eigenvalue weighted by Crippen LogP contribution is 2.36. The normalized spacial score (nSPS) is 10.4. The van der Waals surface area contributed by atoms with Gasteiger partial charge in [0.05, 0.1) is 12.1 Å². The van der Waals surface area contributed by atoms with Crippen LogP contribution < -0.4 is 4.74 Å². The molecule has 1 rings (SSSR count). The van der Waals surface area contributed by atoms with Crippen LogP contribution in [0.15, 0.2) is 12.1 Å². The number of methoxy groups -OCH3 is 1. The summed E-state index contributed by atoms with van der Waals surface area (Å²) in [7, 11) is 1.11. The average molecular weight is 271 g/mol. The van der Waals surface area contributed by atoms with Gasteiger partial charge >= 0.3 is 12.6 Å². The van der Waals surface area contributed by atoms with E-state index in [4.69, 9.17) is 23.2 Å². The van der Waals surface area contributed by atoms with Crippen LogP contribution in [0.25, 0.3) is 0 Å². The van der Waals surface area contributed by atoms with Crippen LogP contribution in [0.5, 0.6) is 5.75 Å². The Kier molecular flexibility index (Phi) is 4.32. The Hall–Kier alpha value is -1.07. The minimum atomic E-state index is -3.11. The molecule has 0 aliphatic heterocycles. The Morgan fingerprint density at radius 1 is 1.38 bits per heavy atom. The predicted molar refractivity (Wildman–Crippen MR) is 54.4 cm³/mol. The highest BCUT2D eigenvalue weighted by Gasteiger charge is 2.21. The molecule has 0 bridgehead atoms. The van der Waals surface area contributed by atoms with Crippen LogP contribution in [-0.2, 0) is 4.74 Å². The van der Waals surface area contributed by atoms with E-state index in [2.05, 4.69) is 9.47 Å². The van der Waals surface area contributed by atoms with E-state index in [0.717, 1.165) is 7.11 Å². The van der Waals surface area contributed by atoms with Gasteiger partial charge in [0.25, 0.3) is 0 Å². The molecule has 1 aromatic rings. The maximum atomic E-state index is 12.1. The van der Waals surface area contributed by atoms with Gasteiger partial charge in [-0.3, -0.25) is 0 Å². The standard InChI is InChI=1S/C9H6Cl2F2O3/c1-15-8(14)4-2-3-5(10)6(11)7(4)16-9(12)13/h2-3,9H,1H3. The van der Waals surface area contributed by atoms with E-state index in [1.165, 1.54) is 12.1 Å². The Balaban J connectivity index is 3.27. The van der Waals surface area contributed by atoms with E-state index in [9.17, 15) is 13.6 Å². The summed E-state index contributed by atoms with van der Waals surface area (Å²) in [5, 5.41) is -0.255. The van der Waals surface area contributed by atoms with Crippen molar-refractivity contribution in [2.45, 2.75) is 6.61 Å². The van der Waals surface area contributed by atoms with Gasteiger partial charge in [-0.2, -0.15) is 8.78 Å². The van der Waals surface area contributed by atoms with Gasteiger partial charge in [-0.1, -0.05) is 23.2 Å². The van der Waals surface area contributed by atoms with Crippen LogP contribution in [0.1, 0.15) is 10.4 Å². The van der Waals surface area contributed by atoms with Gasteiger partial charge in [-0.25, -0.2) is 4.79 Å². The van der Waals surface area contributed by atoms with E-state index < -0.39 is 18.3 Å². The van der Waals surface area contributed by atoms with Crippen LogP contribution >= 0.6 is 23.2 Å². The molecule has 88 valence electrons. The molecule has 7 heteroatoms. The SMILES string of the molecule is COC(=O)c1ccc(Cl)c(Cl)c1OC(F)F. The lowest BCUT2D eigenvalue weighted by atomic mass is 10.2. The van der Waals surface area contributed by atoms with Gasteiger partial charge in [0.1, 0.15) is 10.6 Å². The average Bonchev–Trinajstić information content (AvgIpc) is 2.23. The molecule has 16 heavy (non-hydrogen) atoms. The monoisotopic (exact) mass is 270 g/mol. The lowest BCUT2D eigenvalue weighted by molar-refractivity contribution is -0.0503. The Morgan fingerprint density at radius 2 is 2.00 bits per heavy atom. The quantitative estimate of drug-likeness (QED) is 0.790. The molecule has 0 aromatic heterocycles. The van der Waals surface area contributed by atoms with Crippen molar-refractivity contribution in [1.82, 2.24) is 0 Å². The molecular weight excluding hydrogens is 265 g/mol. The molecule has 0 spiro atoms. The van der Waals surface area contributed by atoms with Crippen LogP contribution in [0.4, 0.5) is 8.78 Å². The third kappa shape index (κ3) is 2.74. The molecule has 0 amide bonds. The van der Waals surface area contributed by atoms with Crippen LogP contribution in [0.3, 0.4) is 0 Å². The van der Waals surface area contributed by atoms with Crippen molar-refractivity contribution < 1.29 is 23.0 Å². The summed E-state index contributed by atoms with van der Waals surface area (Å²) < 4.78 is 32.7. The third-order valence-electron chi connectivity index (χ3n) is 1.66. The first-order valence-corrected chi connectivity index (χ1v) is 4.74. The lowest BCUT2D eigenvalue weighted by Gasteiger charge is -2.11. The summed E-state index contributed by atoms with van der Waals surface area (Å²) >= 11 is 11.3. The predicted octanol–water partition coefficient (Wildman–Crippen LogP) is 3.38. The van der Waals surface area contributed by atoms with E-state index in [0.29, 0.717) is 0 Å². The number of carbonyl (C=O) groups is 1. The lowest BCUT2D eigenvalue weighted by Crippen LogP contribution is -2.09. The fourth-order valence-corrected chi connectivity index (χ4v) is 1.37. The van der Waals surface area contributed by atoms with Crippen molar-refractivity contribution >= 4 is 29.2 Å². The van der Waals surface area contributed by atoms with Crippen molar-refractivity contribution in [3.63, 3.8) is 0 Å². The van der Waals surface area contributed by atoms with Gasteiger partial charge in [-0.15, -0.1) is 0 Å². The number of halogens is 4. The molecule has 0 atom stereocenters. The zero-order valence-electron chi connectivity index (χ0n) is 7.97. The van der Waals surface area contributed by atoms with Crippen molar-refractivity contribution in [2.75, 3.05) is 7.11 Å². The molecule has 0 radical (unpaired) electrons. The molecule has 0 fully saturated rings. The highest BCUT2D eigenvalue weighted by atomic mass is 35.5. The summed E-state index contributed by atoms with van der Waals surface area (Å²) in [4.78, 5) is 11.2. The van der Waals surface area contributed by atoms with Gasteiger partial charge in [0.15, 0.2) is 5.75 Å². The largest absolute Gasteiger partial charge is 0.465 e. The maximum Gasteiger partial charge on any atom is 0.387 e. The smallest absolute Gasteiger partial charge is 0.387 e. The Bertz CT molecular complexity index is 410. The minimum Gasteiger partial charge on any atom is -0.465 e. The molecule has 0 heterocycles. The fraction of sp³-hybridized carbons (Fsp3) is 0.222. The Labute approximate surface area is 99.9 Å². The number of rotatable bonds is 3. The van der Waals surface area contributed by atoms with Gasteiger partial charge in [0, 0.05) is 0 Å². The van der Waals surface area contributed by atoms with Crippen molar-refractivity contribution in [1.29, 1.82) is 0 Å². The van der Waals surface area contributed by atoms with Crippen LogP contribution in [0, 0.1) is 0 Å². The summed E-state index contributed by atoms with van der Waals surface area (Å²) in [6, 6.07) is 2.48.